The van der Waals surface area contributed by atoms with Crippen LogP contribution in [0.1, 0.15) is 53.4 Å². The van der Waals surface area contributed by atoms with Crippen LogP contribution < -0.4 is 5.73 Å². The molecule has 0 aliphatic rings. The molecule has 14 heavy (non-hydrogen) atoms. The first-order valence-electron chi connectivity index (χ1n) is 5.47. The SMILES string of the molecule is C=C(C[C@@H](N)CCCC)OC(C)(C)C. The standard InChI is InChI=1S/C12H25NO/c1-6-7-8-11(13)9-10(2)14-12(3,4)5/h11H,2,6-9,13H2,1,3-5H3/t11-/m0/s1. The van der Waals surface area contributed by atoms with E-state index in [-0.39, 0.29) is 11.6 Å². The maximum atomic E-state index is 5.94. The quantitative estimate of drug-likeness (QED) is 0.667. The van der Waals surface area contributed by atoms with Crippen LogP contribution >= 0.6 is 0 Å². The Labute approximate surface area is 88.5 Å². The Balaban J connectivity index is 3.71. The van der Waals surface area contributed by atoms with E-state index in [0.29, 0.717) is 0 Å². The zero-order valence-corrected chi connectivity index (χ0v) is 10.1. The van der Waals surface area contributed by atoms with Gasteiger partial charge in [-0.25, -0.2) is 0 Å². The Hall–Kier alpha value is -0.500. The van der Waals surface area contributed by atoms with Crippen molar-refractivity contribution >= 4 is 0 Å². The van der Waals surface area contributed by atoms with Crippen molar-refractivity contribution in [2.75, 3.05) is 0 Å². The fourth-order valence-electron chi connectivity index (χ4n) is 1.34. The molecule has 0 bridgehead atoms. The van der Waals surface area contributed by atoms with Crippen LogP contribution in [0.2, 0.25) is 0 Å². The van der Waals surface area contributed by atoms with Crippen molar-refractivity contribution in [3.8, 4) is 0 Å². The Morgan fingerprint density at radius 3 is 2.43 bits per heavy atom. The lowest BCUT2D eigenvalue weighted by Gasteiger charge is -2.24. The number of hydrogen-bond acceptors (Lipinski definition) is 2. The van der Waals surface area contributed by atoms with Crippen LogP contribution in [-0.4, -0.2) is 11.6 Å². The number of unbranched alkanes of at least 4 members (excludes halogenated alkanes) is 1. The van der Waals surface area contributed by atoms with E-state index in [0.717, 1.165) is 18.6 Å². The third-order valence-corrected chi connectivity index (χ3v) is 1.87. The van der Waals surface area contributed by atoms with Gasteiger partial charge in [0.05, 0.1) is 5.76 Å². The van der Waals surface area contributed by atoms with Gasteiger partial charge in [0.25, 0.3) is 0 Å². The Kier molecular flexibility index (Phi) is 5.86. The van der Waals surface area contributed by atoms with E-state index in [1.54, 1.807) is 0 Å². The second kappa shape index (κ2) is 6.07. The second-order valence-electron chi connectivity index (χ2n) is 4.86. The molecule has 1 atom stereocenters. The van der Waals surface area contributed by atoms with Crippen molar-refractivity contribution in [3.05, 3.63) is 12.3 Å². The highest BCUT2D eigenvalue weighted by molar-refractivity contribution is 4.89. The van der Waals surface area contributed by atoms with Crippen LogP contribution in [0.25, 0.3) is 0 Å². The van der Waals surface area contributed by atoms with Crippen LogP contribution in [0.4, 0.5) is 0 Å². The summed E-state index contributed by atoms with van der Waals surface area (Å²) in [6.07, 6.45) is 4.21. The summed E-state index contributed by atoms with van der Waals surface area (Å²) in [5.74, 6) is 0.807. The molecule has 84 valence electrons. The predicted octanol–water partition coefficient (Wildman–Crippen LogP) is 3.22. The van der Waals surface area contributed by atoms with Crippen molar-refractivity contribution in [1.29, 1.82) is 0 Å². The third-order valence-electron chi connectivity index (χ3n) is 1.87. The monoisotopic (exact) mass is 199 g/mol. The molecule has 2 N–H and O–H groups in total. The molecule has 0 aromatic carbocycles. The molecular weight excluding hydrogens is 174 g/mol. The minimum atomic E-state index is -0.151. The molecular formula is C12H25NO. The number of ether oxygens (including phenoxy) is 1. The summed E-state index contributed by atoms with van der Waals surface area (Å²) < 4.78 is 5.61. The first-order valence-corrected chi connectivity index (χ1v) is 5.47. The minimum absolute atomic E-state index is 0.151. The summed E-state index contributed by atoms with van der Waals surface area (Å²) in [5.41, 5.74) is 5.79. The van der Waals surface area contributed by atoms with Gasteiger partial charge in [-0.3, -0.25) is 0 Å². The highest BCUT2D eigenvalue weighted by Crippen LogP contribution is 2.16. The molecule has 2 heteroatoms. The van der Waals surface area contributed by atoms with Crippen molar-refractivity contribution in [1.82, 2.24) is 0 Å². The Morgan fingerprint density at radius 2 is 2.00 bits per heavy atom. The van der Waals surface area contributed by atoms with Gasteiger partial charge in [0.2, 0.25) is 0 Å². The lowest BCUT2D eigenvalue weighted by Crippen LogP contribution is -2.24. The van der Waals surface area contributed by atoms with Crippen LogP contribution in [0.5, 0.6) is 0 Å². The fraction of sp³-hybridized carbons (Fsp3) is 0.833. The molecule has 0 aromatic rings. The molecule has 0 heterocycles. The van der Waals surface area contributed by atoms with E-state index in [9.17, 15) is 0 Å². The smallest absolute Gasteiger partial charge is 0.100 e. The van der Waals surface area contributed by atoms with Crippen LogP contribution in [-0.2, 0) is 4.74 Å². The van der Waals surface area contributed by atoms with Crippen LogP contribution in [0, 0.1) is 0 Å². The van der Waals surface area contributed by atoms with Gasteiger partial charge in [0.15, 0.2) is 0 Å². The van der Waals surface area contributed by atoms with Crippen molar-refractivity contribution in [3.63, 3.8) is 0 Å². The van der Waals surface area contributed by atoms with Gasteiger partial charge >= 0.3 is 0 Å². The van der Waals surface area contributed by atoms with Crippen molar-refractivity contribution in [2.45, 2.75) is 65.0 Å². The summed E-state index contributed by atoms with van der Waals surface area (Å²) >= 11 is 0. The first-order chi connectivity index (χ1) is 6.35. The maximum Gasteiger partial charge on any atom is 0.100 e. The first kappa shape index (κ1) is 13.5. The molecule has 0 aliphatic heterocycles. The van der Waals surface area contributed by atoms with Crippen molar-refractivity contribution < 1.29 is 4.74 Å². The fourth-order valence-corrected chi connectivity index (χ4v) is 1.34. The number of nitrogens with two attached hydrogens (primary N) is 1. The van der Waals surface area contributed by atoms with Gasteiger partial charge in [-0.2, -0.15) is 0 Å². The molecule has 0 saturated heterocycles. The predicted molar refractivity (Wildman–Crippen MR) is 62.1 cm³/mol. The summed E-state index contributed by atoms with van der Waals surface area (Å²) in [6, 6.07) is 0.199. The molecule has 0 aliphatic carbocycles. The van der Waals surface area contributed by atoms with E-state index in [2.05, 4.69) is 13.5 Å². The molecule has 0 amide bonds. The van der Waals surface area contributed by atoms with E-state index < -0.39 is 0 Å². The second-order valence-corrected chi connectivity index (χ2v) is 4.86. The largest absolute Gasteiger partial charge is 0.493 e. The van der Waals surface area contributed by atoms with Gasteiger partial charge in [0.1, 0.15) is 5.60 Å². The van der Waals surface area contributed by atoms with E-state index in [4.69, 9.17) is 10.5 Å². The lowest BCUT2D eigenvalue weighted by atomic mass is 10.1. The van der Waals surface area contributed by atoms with Gasteiger partial charge in [-0.1, -0.05) is 26.3 Å². The highest BCUT2D eigenvalue weighted by atomic mass is 16.5. The van der Waals surface area contributed by atoms with Crippen LogP contribution in [0.3, 0.4) is 0 Å². The zero-order chi connectivity index (χ0) is 11.2. The lowest BCUT2D eigenvalue weighted by molar-refractivity contribution is 0.0461. The zero-order valence-electron chi connectivity index (χ0n) is 10.1. The summed E-state index contributed by atoms with van der Waals surface area (Å²) in [6.45, 7) is 12.1. The molecule has 2 nitrogen and oxygen atoms in total. The molecule has 0 saturated carbocycles. The number of rotatable bonds is 6. The molecule has 0 unspecified atom stereocenters. The summed E-state index contributed by atoms with van der Waals surface area (Å²) in [4.78, 5) is 0. The molecule has 0 rings (SSSR count). The van der Waals surface area contributed by atoms with Gasteiger partial charge in [-0.05, 0) is 27.2 Å². The number of hydrogen-bond donors (Lipinski definition) is 1. The molecule has 0 aromatic heterocycles. The normalized spacial score (nSPS) is 13.8. The summed E-state index contributed by atoms with van der Waals surface area (Å²) in [5, 5.41) is 0. The van der Waals surface area contributed by atoms with E-state index in [1.807, 2.05) is 20.8 Å². The maximum absolute atomic E-state index is 5.94. The molecule has 0 fully saturated rings. The van der Waals surface area contributed by atoms with Gasteiger partial charge < -0.3 is 10.5 Å². The summed E-state index contributed by atoms with van der Waals surface area (Å²) in [7, 11) is 0. The Bertz CT molecular complexity index is 170. The topological polar surface area (TPSA) is 35.2 Å². The van der Waals surface area contributed by atoms with Crippen molar-refractivity contribution in [2.24, 2.45) is 5.73 Å². The third kappa shape index (κ3) is 8.11. The van der Waals surface area contributed by atoms with E-state index in [1.165, 1.54) is 12.8 Å². The van der Waals surface area contributed by atoms with Gasteiger partial charge in [-0.15, -0.1) is 0 Å². The minimum Gasteiger partial charge on any atom is -0.493 e. The Morgan fingerprint density at radius 1 is 1.43 bits per heavy atom. The highest BCUT2D eigenvalue weighted by Gasteiger charge is 2.14. The van der Waals surface area contributed by atoms with E-state index >= 15 is 0 Å². The van der Waals surface area contributed by atoms with Crippen LogP contribution in [0.15, 0.2) is 12.3 Å². The molecule has 0 radical (unpaired) electrons. The van der Waals surface area contributed by atoms with Gasteiger partial charge in [0, 0.05) is 12.5 Å². The average Bonchev–Trinajstić information content (AvgIpc) is 1.96. The molecule has 0 spiro atoms. The average molecular weight is 199 g/mol.